The first kappa shape index (κ1) is 74.6. The molecule has 0 heterocycles. The largest absolute Gasteiger partial charge is 0.462 e. The second kappa shape index (κ2) is 66.1. The van der Waals surface area contributed by atoms with Gasteiger partial charge in [0.15, 0.2) is 6.10 Å². The molecule has 0 rings (SSSR count). The van der Waals surface area contributed by atoms with E-state index in [1.165, 1.54) is 199 Å². The highest BCUT2D eigenvalue weighted by Gasteiger charge is 2.19. The Morgan fingerprint density at radius 2 is 0.462 bits per heavy atom. The SMILES string of the molecule is CCCCC/C=C\CCCCCCCC(=O)OCC(COC(=O)CCCCCCCCCCCC/C=C\C/C=C\C/C=C\CCCCCCC)OC(=O)CCCCCCCCCC/C=C\C/C=C\C/C=C\CCCCCCC. The molecule has 0 aliphatic carbocycles. The highest BCUT2D eigenvalue weighted by atomic mass is 16.6. The number of ether oxygens (including phenoxy) is 3. The van der Waals surface area contributed by atoms with E-state index in [-0.39, 0.29) is 31.1 Å². The average molecular weight is 1090 g/mol. The van der Waals surface area contributed by atoms with E-state index in [4.69, 9.17) is 14.2 Å². The van der Waals surface area contributed by atoms with Crippen LogP contribution in [0, 0.1) is 0 Å². The summed E-state index contributed by atoms with van der Waals surface area (Å²) in [4.78, 5) is 38.3. The molecule has 0 fully saturated rings. The molecule has 0 aliphatic heterocycles. The minimum atomic E-state index is -0.787. The van der Waals surface area contributed by atoms with Crippen molar-refractivity contribution in [3.63, 3.8) is 0 Å². The van der Waals surface area contributed by atoms with E-state index in [9.17, 15) is 14.4 Å². The summed E-state index contributed by atoms with van der Waals surface area (Å²) in [7, 11) is 0. The highest BCUT2D eigenvalue weighted by molar-refractivity contribution is 5.71. The fraction of sp³-hybridized carbons (Fsp3) is 0.764. The van der Waals surface area contributed by atoms with E-state index in [0.29, 0.717) is 19.3 Å². The highest BCUT2D eigenvalue weighted by Crippen LogP contribution is 2.16. The predicted molar refractivity (Wildman–Crippen MR) is 339 cm³/mol. The minimum Gasteiger partial charge on any atom is -0.462 e. The Kier molecular flexibility index (Phi) is 63.2. The van der Waals surface area contributed by atoms with Crippen LogP contribution in [0.4, 0.5) is 0 Å². The van der Waals surface area contributed by atoms with Crippen molar-refractivity contribution in [2.75, 3.05) is 13.2 Å². The minimum absolute atomic E-state index is 0.0833. The summed E-state index contributed by atoms with van der Waals surface area (Å²) < 4.78 is 16.9. The molecule has 0 bridgehead atoms. The zero-order valence-corrected chi connectivity index (χ0v) is 51.7. The van der Waals surface area contributed by atoms with Crippen molar-refractivity contribution in [1.82, 2.24) is 0 Å². The van der Waals surface area contributed by atoms with Gasteiger partial charge in [-0.2, -0.15) is 0 Å². The molecular weight excluding hydrogens is 961 g/mol. The van der Waals surface area contributed by atoms with Crippen LogP contribution >= 0.6 is 0 Å². The average Bonchev–Trinajstić information content (AvgIpc) is 3.44. The first-order chi connectivity index (χ1) is 38.5. The van der Waals surface area contributed by atoms with Gasteiger partial charge in [0.2, 0.25) is 0 Å². The van der Waals surface area contributed by atoms with Crippen molar-refractivity contribution in [3.8, 4) is 0 Å². The van der Waals surface area contributed by atoms with Crippen LogP contribution < -0.4 is 0 Å². The molecule has 0 saturated heterocycles. The summed E-state index contributed by atoms with van der Waals surface area (Å²) >= 11 is 0. The zero-order valence-electron chi connectivity index (χ0n) is 51.7. The van der Waals surface area contributed by atoms with Crippen molar-refractivity contribution in [2.24, 2.45) is 0 Å². The second-order valence-electron chi connectivity index (χ2n) is 22.4. The summed E-state index contributed by atoms with van der Waals surface area (Å²) in [6, 6.07) is 0. The maximum absolute atomic E-state index is 12.9. The van der Waals surface area contributed by atoms with Crippen molar-refractivity contribution in [3.05, 3.63) is 85.1 Å². The maximum Gasteiger partial charge on any atom is 0.306 e. The first-order valence-electron chi connectivity index (χ1n) is 33.6. The molecular formula is C72H126O6. The normalized spacial score (nSPS) is 12.6. The third-order valence-electron chi connectivity index (χ3n) is 14.6. The van der Waals surface area contributed by atoms with Gasteiger partial charge >= 0.3 is 17.9 Å². The summed E-state index contributed by atoms with van der Waals surface area (Å²) in [5, 5.41) is 0. The van der Waals surface area contributed by atoms with Crippen molar-refractivity contribution in [1.29, 1.82) is 0 Å². The number of esters is 3. The second-order valence-corrected chi connectivity index (χ2v) is 22.4. The van der Waals surface area contributed by atoms with Crippen LogP contribution in [0.5, 0.6) is 0 Å². The molecule has 0 aromatic heterocycles. The van der Waals surface area contributed by atoms with Gasteiger partial charge in [-0.15, -0.1) is 0 Å². The smallest absolute Gasteiger partial charge is 0.306 e. The number of hydrogen-bond donors (Lipinski definition) is 0. The van der Waals surface area contributed by atoms with E-state index in [1.54, 1.807) is 0 Å². The van der Waals surface area contributed by atoms with Crippen LogP contribution in [0.3, 0.4) is 0 Å². The predicted octanol–water partition coefficient (Wildman–Crippen LogP) is 23.1. The monoisotopic (exact) mass is 1090 g/mol. The lowest BCUT2D eigenvalue weighted by Crippen LogP contribution is -2.30. The molecule has 6 nitrogen and oxygen atoms in total. The zero-order chi connectivity index (χ0) is 56.4. The van der Waals surface area contributed by atoms with Crippen LogP contribution in [0.2, 0.25) is 0 Å². The molecule has 0 saturated carbocycles. The molecule has 0 amide bonds. The molecule has 0 N–H and O–H groups in total. The Morgan fingerprint density at radius 3 is 0.756 bits per heavy atom. The Balaban J connectivity index is 4.31. The van der Waals surface area contributed by atoms with E-state index >= 15 is 0 Å². The van der Waals surface area contributed by atoms with E-state index in [2.05, 4.69) is 106 Å². The van der Waals surface area contributed by atoms with Gasteiger partial charge in [0, 0.05) is 19.3 Å². The lowest BCUT2D eigenvalue weighted by Gasteiger charge is -2.18. The van der Waals surface area contributed by atoms with Gasteiger partial charge in [-0.05, 0) is 122 Å². The van der Waals surface area contributed by atoms with Crippen LogP contribution in [0.1, 0.15) is 335 Å². The van der Waals surface area contributed by atoms with Crippen LogP contribution in [-0.4, -0.2) is 37.2 Å². The number of unbranched alkanes of at least 4 members (excludes halogenated alkanes) is 36. The summed E-state index contributed by atoms with van der Waals surface area (Å²) in [6.45, 7) is 6.61. The topological polar surface area (TPSA) is 78.9 Å². The third kappa shape index (κ3) is 63.4. The Bertz CT molecular complexity index is 1480. The molecule has 78 heavy (non-hydrogen) atoms. The number of carbonyl (C=O) groups is 3. The first-order valence-corrected chi connectivity index (χ1v) is 33.6. The molecule has 0 aliphatic rings. The Morgan fingerprint density at radius 1 is 0.256 bits per heavy atom. The third-order valence-corrected chi connectivity index (χ3v) is 14.6. The fourth-order valence-corrected chi connectivity index (χ4v) is 9.51. The summed E-state index contributed by atoms with van der Waals surface area (Å²) in [5.41, 5.74) is 0. The van der Waals surface area contributed by atoms with Crippen molar-refractivity contribution < 1.29 is 28.6 Å². The molecule has 0 aromatic carbocycles. The number of hydrogen-bond acceptors (Lipinski definition) is 6. The van der Waals surface area contributed by atoms with Crippen LogP contribution in [0.15, 0.2) is 85.1 Å². The number of carbonyl (C=O) groups excluding carboxylic acids is 3. The van der Waals surface area contributed by atoms with E-state index in [0.717, 1.165) is 96.3 Å². The summed E-state index contributed by atoms with van der Waals surface area (Å²) in [6.07, 6.45) is 87.3. The van der Waals surface area contributed by atoms with Gasteiger partial charge in [0.25, 0.3) is 0 Å². The molecule has 450 valence electrons. The number of allylic oxidation sites excluding steroid dienone is 14. The standard InChI is InChI=1S/C72H126O6/c1-4-7-10-13-16-19-22-25-27-29-31-33-35-36-38-39-41-43-45-47-50-53-56-59-62-65-71(74)77-68-69(67-76-70(73)64-61-58-55-52-49-24-21-18-15-12-9-6-3)78-72(75)66-63-60-57-54-51-48-46-44-42-40-37-34-32-30-28-26-23-20-17-14-11-8-5-2/h18,21-23,25-26,29-32,35-37,40,69H,4-17,19-20,24,27-28,33-34,38-39,41-68H2,1-3H3/b21-18-,25-22-,26-23-,31-29-,32-30-,36-35-,40-37-. The lowest BCUT2D eigenvalue weighted by molar-refractivity contribution is -0.167. The Hall–Kier alpha value is -3.41. The maximum atomic E-state index is 12.9. The molecule has 1 unspecified atom stereocenters. The van der Waals surface area contributed by atoms with Gasteiger partial charge in [0.1, 0.15) is 13.2 Å². The quantitative estimate of drug-likeness (QED) is 0.0261. The molecule has 0 radical (unpaired) electrons. The van der Waals surface area contributed by atoms with E-state index in [1.807, 2.05) is 0 Å². The molecule has 0 spiro atoms. The Labute approximate surface area is 484 Å². The van der Waals surface area contributed by atoms with Gasteiger partial charge < -0.3 is 14.2 Å². The van der Waals surface area contributed by atoms with Gasteiger partial charge in [0.05, 0.1) is 0 Å². The summed E-state index contributed by atoms with van der Waals surface area (Å²) in [5.74, 6) is -0.891. The lowest BCUT2D eigenvalue weighted by atomic mass is 10.1. The van der Waals surface area contributed by atoms with Gasteiger partial charge in [-0.3, -0.25) is 14.4 Å². The molecule has 0 aromatic rings. The van der Waals surface area contributed by atoms with Crippen LogP contribution in [0.25, 0.3) is 0 Å². The van der Waals surface area contributed by atoms with Gasteiger partial charge in [-0.1, -0.05) is 279 Å². The van der Waals surface area contributed by atoms with Crippen LogP contribution in [-0.2, 0) is 28.6 Å². The number of rotatable bonds is 61. The fourth-order valence-electron chi connectivity index (χ4n) is 9.51. The molecule has 1 atom stereocenters. The molecule has 6 heteroatoms. The van der Waals surface area contributed by atoms with Crippen molar-refractivity contribution in [2.45, 2.75) is 341 Å². The van der Waals surface area contributed by atoms with E-state index < -0.39 is 6.10 Å². The van der Waals surface area contributed by atoms with Gasteiger partial charge in [-0.25, -0.2) is 0 Å². The van der Waals surface area contributed by atoms with Crippen molar-refractivity contribution >= 4 is 17.9 Å².